The summed E-state index contributed by atoms with van der Waals surface area (Å²) >= 11 is 0. The first-order valence-electron chi connectivity index (χ1n) is 8.02. The molecule has 0 N–H and O–H groups in total. The summed E-state index contributed by atoms with van der Waals surface area (Å²) in [6.07, 6.45) is -3.50. The number of carbonyl (C=O) groups excluding carboxylic acids is 1. The summed E-state index contributed by atoms with van der Waals surface area (Å²) in [6, 6.07) is 9.08. The lowest BCUT2D eigenvalue weighted by atomic mass is 10.1. The number of methoxy groups -OCH3 is 2. The van der Waals surface area contributed by atoms with Crippen molar-refractivity contribution < 1.29 is 27.4 Å². The van der Waals surface area contributed by atoms with Gasteiger partial charge in [-0.1, -0.05) is 17.3 Å². The Morgan fingerprint density at radius 3 is 2.46 bits per heavy atom. The SMILES string of the molecule is COC(=O)c1cc(-c2nnn(Cc3ccc(OC)cc3)c2C(F)(F)F)ccn1. The van der Waals surface area contributed by atoms with E-state index in [2.05, 4.69) is 20.0 Å². The van der Waals surface area contributed by atoms with Crippen LogP contribution in [0.1, 0.15) is 21.7 Å². The van der Waals surface area contributed by atoms with Crippen LogP contribution < -0.4 is 4.74 Å². The van der Waals surface area contributed by atoms with Crippen molar-refractivity contribution >= 4 is 5.97 Å². The predicted octanol–water partition coefficient (Wildman–Crippen LogP) is 3.20. The molecule has 0 aliphatic rings. The molecule has 3 rings (SSSR count). The highest BCUT2D eigenvalue weighted by molar-refractivity contribution is 5.88. The Balaban J connectivity index is 2.02. The minimum Gasteiger partial charge on any atom is -0.497 e. The van der Waals surface area contributed by atoms with Gasteiger partial charge in [-0.3, -0.25) is 0 Å². The van der Waals surface area contributed by atoms with Crippen molar-refractivity contribution in [3.05, 3.63) is 59.5 Å². The smallest absolute Gasteiger partial charge is 0.435 e. The van der Waals surface area contributed by atoms with E-state index in [1.807, 2.05) is 0 Å². The Bertz CT molecular complexity index is 984. The molecule has 0 spiro atoms. The van der Waals surface area contributed by atoms with E-state index in [9.17, 15) is 18.0 Å². The van der Waals surface area contributed by atoms with E-state index >= 15 is 0 Å². The molecule has 0 aliphatic carbocycles. The van der Waals surface area contributed by atoms with Gasteiger partial charge in [-0.2, -0.15) is 13.2 Å². The zero-order valence-corrected chi connectivity index (χ0v) is 14.9. The molecule has 3 aromatic rings. The molecule has 0 saturated carbocycles. The van der Waals surface area contributed by atoms with Gasteiger partial charge in [0.2, 0.25) is 0 Å². The zero-order valence-electron chi connectivity index (χ0n) is 14.9. The second kappa shape index (κ2) is 7.67. The van der Waals surface area contributed by atoms with Crippen LogP contribution >= 0.6 is 0 Å². The fourth-order valence-electron chi connectivity index (χ4n) is 2.60. The number of hydrogen-bond acceptors (Lipinski definition) is 6. The maximum atomic E-state index is 13.7. The number of carbonyl (C=O) groups is 1. The van der Waals surface area contributed by atoms with Gasteiger partial charge in [0, 0.05) is 11.8 Å². The third-order valence-electron chi connectivity index (χ3n) is 3.92. The summed E-state index contributed by atoms with van der Waals surface area (Å²) in [6.45, 7) is -0.138. The lowest BCUT2D eigenvalue weighted by Crippen LogP contribution is -2.16. The largest absolute Gasteiger partial charge is 0.497 e. The van der Waals surface area contributed by atoms with Crippen molar-refractivity contribution in [2.45, 2.75) is 12.7 Å². The first kappa shape index (κ1) is 19.3. The molecule has 7 nitrogen and oxygen atoms in total. The number of ether oxygens (including phenoxy) is 2. The Hall–Kier alpha value is -3.43. The van der Waals surface area contributed by atoms with Crippen molar-refractivity contribution in [2.75, 3.05) is 14.2 Å². The van der Waals surface area contributed by atoms with Crippen molar-refractivity contribution in [1.82, 2.24) is 20.0 Å². The van der Waals surface area contributed by atoms with Gasteiger partial charge in [-0.15, -0.1) is 5.10 Å². The van der Waals surface area contributed by atoms with Gasteiger partial charge < -0.3 is 9.47 Å². The van der Waals surface area contributed by atoms with E-state index in [0.29, 0.717) is 11.3 Å². The number of nitrogens with zero attached hydrogens (tertiary/aromatic N) is 4. The van der Waals surface area contributed by atoms with Gasteiger partial charge in [-0.25, -0.2) is 14.5 Å². The Morgan fingerprint density at radius 2 is 1.86 bits per heavy atom. The van der Waals surface area contributed by atoms with E-state index < -0.39 is 23.5 Å². The van der Waals surface area contributed by atoms with Crippen LogP contribution in [0.15, 0.2) is 42.6 Å². The standard InChI is InChI=1S/C18H15F3N4O3/c1-27-13-5-3-11(4-6-13)10-25-16(18(19,20)21)15(23-24-25)12-7-8-22-14(9-12)17(26)28-2/h3-9H,10H2,1-2H3. The number of aromatic nitrogens is 4. The van der Waals surface area contributed by atoms with Crippen molar-refractivity contribution in [3.8, 4) is 17.0 Å². The molecule has 0 saturated heterocycles. The van der Waals surface area contributed by atoms with Gasteiger partial charge in [0.1, 0.15) is 17.1 Å². The highest BCUT2D eigenvalue weighted by atomic mass is 19.4. The lowest BCUT2D eigenvalue weighted by molar-refractivity contribution is -0.143. The van der Waals surface area contributed by atoms with Crippen LogP contribution in [0, 0.1) is 0 Å². The lowest BCUT2D eigenvalue weighted by Gasteiger charge is -2.12. The Labute approximate surface area is 157 Å². The minimum atomic E-state index is -4.71. The van der Waals surface area contributed by atoms with Crippen LogP contribution in [0.5, 0.6) is 5.75 Å². The molecular formula is C18H15F3N4O3. The molecule has 0 unspecified atom stereocenters. The van der Waals surface area contributed by atoms with Crippen molar-refractivity contribution in [2.24, 2.45) is 0 Å². The third kappa shape index (κ3) is 3.95. The molecule has 28 heavy (non-hydrogen) atoms. The van der Waals surface area contributed by atoms with E-state index in [-0.39, 0.29) is 17.8 Å². The summed E-state index contributed by atoms with van der Waals surface area (Å²) in [5.41, 5.74) is -0.895. The van der Waals surface area contributed by atoms with Crippen LogP contribution in [0.25, 0.3) is 11.3 Å². The van der Waals surface area contributed by atoms with E-state index in [0.717, 1.165) is 11.8 Å². The molecule has 1 aromatic carbocycles. The van der Waals surface area contributed by atoms with Crippen LogP contribution in [0.4, 0.5) is 13.2 Å². The molecule has 10 heteroatoms. The summed E-state index contributed by atoms with van der Waals surface area (Å²) in [5.74, 6) is -0.174. The average molecular weight is 392 g/mol. The quantitative estimate of drug-likeness (QED) is 0.621. The molecule has 146 valence electrons. The second-order valence-electron chi connectivity index (χ2n) is 5.71. The number of halogens is 3. The molecule has 0 fully saturated rings. The van der Waals surface area contributed by atoms with Crippen molar-refractivity contribution in [1.29, 1.82) is 0 Å². The van der Waals surface area contributed by atoms with Gasteiger partial charge in [0.15, 0.2) is 5.69 Å². The summed E-state index contributed by atoms with van der Waals surface area (Å²) in [7, 11) is 2.65. The fourth-order valence-corrected chi connectivity index (χ4v) is 2.60. The number of alkyl halides is 3. The molecule has 0 amide bonds. The van der Waals surface area contributed by atoms with Crippen molar-refractivity contribution in [3.63, 3.8) is 0 Å². The first-order chi connectivity index (χ1) is 13.3. The second-order valence-corrected chi connectivity index (χ2v) is 5.71. The van der Waals surface area contributed by atoms with Crippen LogP contribution in [0.3, 0.4) is 0 Å². The maximum absolute atomic E-state index is 13.7. The Kier molecular flexibility index (Phi) is 5.30. The van der Waals surface area contributed by atoms with E-state index in [4.69, 9.17) is 4.74 Å². The summed E-state index contributed by atoms with van der Waals surface area (Å²) in [4.78, 5) is 15.4. The third-order valence-corrected chi connectivity index (χ3v) is 3.92. The highest BCUT2D eigenvalue weighted by Crippen LogP contribution is 2.36. The Morgan fingerprint density at radius 1 is 1.14 bits per heavy atom. The van der Waals surface area contributed by atoms with Gasteiger partial charge in [0.25, 0.3) is 0 Å². The monoisotopic (exact) mass is 392 g/mol. The molecule has 2 heterocycles. The molecule has 0 bridgehead atoms. The number of pyridine rings is 1. The molecular weight excluding hydrogens is 377 g/mol. The minimum absolute atomic E-state index is 0.0590. The van der Waals surface area contributed by atoms with Crippen LogP contribution in [-0.4, -0.2) is 40.2 Å². The van der Waals surface area contributed by atoms with Crippen LogP contribution in [-0.2, 0) is 17.5 Å². The van der Waals surface area contributed by atoms with Gasteiger partial charge in [-0.05, 0) is 29.8 Å². The summed E-state index contributed by atoms with van der Waals surface area (Å²) in [5, 5.41) is 7.37. The average Bonchev–Trinajstić information content (AvgIpc) is 3.12. The number of esters is 1. The number of benzene rings is 1. The number of hydrogen-bond donors (Lipinski definition) is 0. The van der Waals surface area contributed by atoms with E-state index in [1.54, 1.807) is 24.3 Å². The molecule has 0 aliphatic heterocycles. The fraction of sp³-hybridized carbons (Fsp3) is 0.222. The molecule has 0 radical (unpaired) electrons. The number of rotatable bonds is 5. The topological polar surface area (TPSA) is 79.1 Å². The normalized spacial score (nSPS) is 11.3. The zero-order chi connectivity index (χ0) is 20.3. The molecule has 2 aromatic heterocycles. The van der Waals surface area contributed by atoms with E-state index in [1.165, 1.54) is 25.4 Å². The predicted molar refractivity (Wildman–Crippen MR) is 91.7 cm³/mol. The maximum Gasteiger partial charge on any atom is 0.435 e. The molecule has 0 atom stereocenters. The highest BCUT2D eigenvalue weighted by Gasteiger charge is 2.40. The van der Waals surface area contributed by atoms with Gasteiger partial charge >= 0.3 is 12.1 Å². The summed E-state index contributed by atoms with van der Waals surface area (Å²) < 4.78 is 51.6. The van der Waals surface area contributed by atoms with Crippen LogP contribution in [0.2, 0.25) is 0 Å². The van der Waals surface area contributed by atoms with Gasteiger partial charge in [0.05, 0.1) is 20.8 Å². The first-order valence-corrected chi connectivity index (χ1v) is 8.02.